The number of aryl methyl sites for hydroxylation is 1. The molecule has 21 heavy (non-hydrogen) atoms. The molecule has 1 aliphatic rings. The van der Waals surface area contributed by atoms with E-state index in [1.807, 2.05) is 0 Å². The molecule has 0 atom stereocenters. The van der Waals surface area contributed by atoms with Gasteiger partial charge in [0.2, 0.25) is 0 Å². The van der Waals surface area contributed by atoms with Gasteiger partial charge < -0.3 is 4.57 Å². The van der Waals surface area contributed by atoms with E-state index in [4.69, 9.17) is 23.2 Å². The number of imide groups is 1. The number of aromatic nitrogens is 2. The smallest absolute Gasteiger partial charge is 0.261 e. The first-order chi connectivity index (χ1) is 10.1. The Hall–Kier alpha value is -1.85. The van der Waals surface area contributed by atoms with Gasteiger partial charge in [-0.3, -0.25) is 14.5 Å². The molecule has 0 saturated carbocycles. The summed E-state index contributed by atoms with van der Waals surface area (Å²) in [5.41, 5.74) is 0.928. The Morgan fingerprint density at radius 3 is 2.14 bits per heavy atom. The third-order valence-corrected chi connectivity index (χ3v) is 4.16. The van der Waals surface area contributed by atoms with Gasteiger partial charge in [-0.05, 0) is 18.6 Å². The lowest BCUT2D eigenvalue weighted by molar-refractivity contribution is 0.0651. The van der Waals surface area contributed by atoms with Crippen molar-refractivity contribution >= 4 is 35.0 Å². The molecule has 2 heterocycles. The van der Waals surface area contributed by atoms with Crippen LogP contribution in [0.3, 0.4) is 0 Å². The van der Waals surface area contributed by atoms with Crippen LogP contribution in [0.15, 0.2) is 30.6 Å². The molecule has 0 saturated heterocycles. The van der Waals surface area contributed by atoms with Crippen LogP contribution in [0.1, 0.15) is 27.1 Å². The summed E-state index contributed by atoms with van der Waals surface area (Å²) >= 11 is 11.7. The molecule has 2 aromatic rings. The number of amides is 2. The van der Waals surface area contributed by atoms with E-state index in [1.165, 1.54) is 11.2 Å². The van der Waals surface area contributed by atoms with Crippen molar-refractivity contribution in [3.8, 4) is 0 Å². The summed E-state index contributed by atoms with van der Waals surface area (Å²) in [5, 5.41) is 0.608. The van der Waals surface area contributed by atoms with Gasteiger partial charge in [-0.15, -0.1) is 0 Å². The van der Waals surface area contributed by atoms with Gasteiger partial charge in [0, 0.05) is 13.1 Å². The van der Waals surface area contributed by atoms with Gasteiger partial charge in [0.1, 0.15) is 5.15 Å². The number of fused-ring (bicyclic) bond motifs is 1. The van der Waals surface area contributed by atoms with E-state index >= 15 is 0 Å². The second kappa shape index (κ2) is 5.50. The number of halogens is 2. The zero-order chi connectivity index (χ0) is 15.0. The Labute approximate surface area is 131 Å². The maximum atomic E-state index is 12.2. The molecule has 0 fully saturated rings. The van der Waals surface area contributed by atoms with Gasteiger partial charge in [-0.2, -0.15) is 0 Å². The van der Waals surface area contributed by atoms with Crippen LogP contribution in [0.5, 0.6) is 0 Å². The number of carbonyl (C=O) groups excluding carboxylic acids is 2. The van der Waals surface area contributed by atoms with E-state index in [0.717, 1.165) is 0 Å². The van der Waals surface area contributed by atoms with Crippen LogP contribution in [0.25, 0.3) is 0 Å². The molecule has 7 heteroatoms. The maximum Gasteiger partial charge on any atom is 0.261 e. The van der Waals surface area contributed by atoms with Gasteiger partial charge in [-0.1, -0.05) is 35.3 Å². The second-order valence-corrected chi connectivity index (χ2v) is 5.40. The first-order valence-electron chi connectivity index (χ1n) is 6.41. The van der Waals surface area contributed by atoms with Crippen LogP contribution in [-0.2, 0) is 6.54 Å². The van der Waals surface area contributed by atoms with E-state index in [0.29, 0.717) is 35.8 Å². The molecule has 5 nitrogen and oxygen atoms in total. The highest BCUT2D eigenvalue weighted by atomic mass is 35.5. The SMILES string of the molecule is O=C1c2ccccc2C(=O)N1CCCn1cnc(Cl)c1Cl. The molecule has 0 N–H and O–H groups in total. The van der Waals surface area contributed by atoms with Crippen LogP contribution in [0, 0.1) is 0 Å². The standard InChI is InChI=1S/C14H11Cl2N3O2/c15-11-12(16)18(8-17-11)6-3-7-19-13(20)9-4-1-2-5-10(9)14(19)21/h1-2,4-5,8H,3,6-7H2. The van der Waals surface area contributed by atoms with Crippen molar-refractivity contribution in [1.82, 2.24) is 14.5 Å². The fraction of sp³-hybridized carbons (Fsp3) is 0.214. The Kier molecular flexibility index (Phi) is 3.69. The molecule has 0 unspecified atom stereocenters. The molecular weight excluding hydrogens is 313 g/mol. The van der Waals surface area contributed by atoms with E-state index in [-0.39, 0.29) is 17.0 Å². The normalized spacial score (nSPS) is 13.9. The highest BCUT2D eigenvalue weighted by Crippen LogP contribution is 2.23. The van der Waals surface area contributed by atoms with Crippen molar-refractivity contribution in [1.29, 1.82) is 0 Å². The topological polar surface area (TPSA) is 55.2 Å². The van der Waals surface area contributed by atoms with E-state index in [9.17, 15) is 9.59 Å². The summed E-state index contributed by atoms with van der Waals surface area (Å²) in [5.74, 6) is -0.490. The number of nitrogens with zero attached hydrogens (tertiary/aromatic N) is 3. The molecule has 1 aliphatic heterocycles. The summed E-state index contributed by atoms with van der Waals surface area (Å²) in [6.45, 7) is 0.866. The Bertz CT molecular complexity index is 692. The molecule has 0 spiro atoms. The molecule has 0 radical (unpaired) electrons. The second-order valence-electron chi connectivity index (χ2n) is 4.68. The summed E-state index contributed by atoms with van der Waals surface area (Å²) in [7, 11) is 0. The minimum Gasteiger partial charge on any atom is -0.320 e. The molecule has 2 amide bonds. The zero-order valence-electron chi connectivity index (χ0n) is 10.9. The fourth-order valence-corrected chi connectivity index (χ4v) is 2.67. The fourth-order valence-electron chi connectivity index (χ4n) is 2.34. The van der Waals surface area contributed by atoms with Crippen LogP contribution >= 0.6 is 23.2 Å². The summed E-state index contributed by atoms with van der Waals surface area (Å²) in [6.07, 6.45) is 2.12. The summed E-state index contributed by atoms with van der Waals surface area (Å²) < 4.78 is 1.68. The average molecular weight is 324 g/mol. The van der Waals surface area contributed by atoms with Crippen LogP contribution in [-0.4, -0.2) is 32.8 Å². The van der Waals surface area contributed by atoms with Gasteiger partial charge >= 0.3 is 0 Å². The maximum absolute atomic E-state index is 12.2. The minimum atomic E-state index is -0.245. The van der Waals surface area contributed by atoms with Crippen molar-refractivity contribution < 1.29 is 9.59 Å². The molecule has 1 aromatic heterocycles. The first-order valence-corrected chi connectivity index (χ1v) is 7.16. The van der Waals surface area contributed by atoms with Crippen molar-refractivity contribution in [2.45, 2.75) is 13.0 Å². The van der Waals surface area contributed by atoms with E-state index < -0.39 is 0 Å². The van der Waals surface area contributed by atoms with E-state index in [2.05, 4.69) is 4.98 Å². The van der Waals surface area contributed by atoms with Crippen molar-refractivity contribution in [3.63, 3.8) is 0 Å². The van der Waals surface area contributed by atoms with Crippen molar-refractivity contribution in [2.75, 3.05) is 6.54 Å². The monoisotopic (exact) mass is 323 g/mol. The Morgan fingerprint density at radius 1 is 1.00 bits per heavy atom. The lowest BCUT2D eigenvalue weighted by Crippen LogP contribution is -2.31. The van der Waals surface area contributed by atoms with Crippen LogP contribution in [0.4, 0.5) is 0 Å². The number of hydrogen-bond acceptors (Lipinski definition) is 3. The quantitative estimate of drug-likeness (QED) is 0.813. The van der Waals surface area contributed by atoms with Gasteiger partial charge in [0.15, 0.2) is 5.15 Å². The number of imidazole rings is 1. The number of hydrogen-bond donors (Lipinski definition) is 0. The minimum absolute atomic E-state index is 0.245. The Morgan fingerprint density at radius 2 is 1.62 bits per heavy atom. The number of rotatable bonds is 4. The summed E-state index contributed by atoms with van der Waals surface area (Å²) in [6, 6.07) is 6.84. The molecule has 108 valence electrons. The van der Waals surface area contributed by atoms with Gasteiger partial charge in [0.05, 0.1) is 17.5 Å². The third-order valence-electron chi connectivity index (χ3n) is 3.39. The summed E-state index contributed by atoms with van der Waals surface area (Å²) in [4.78, 5) is 29.5. The van der Waals surface area contributed by atoms with Crippen LogP contribution in [0.2, 0.25) is 10.3 Å². The molecule has 0 aliphatic carbocycles. The highest BCUT2D eigenvalue weighted by Gasteiger charge is 2.34. The molecule has 3 rings (SSSR count). The average Bonchev–Trinajstić information content (AvgIpc) is 2.93. The number of benzene rings is 1. The highest BCUT2D eigenvalue weighted by molar-refractivity contribution is 6.40. The molecule has 1 aromatic carbocycles. The largest absolute Gasteiger partial charge is 0.320 e. The van der Waals surface area contributed by atoms with E-state index in [1.54, 1.807) is 28.8 Å². The van der Waals surface area contributed by atoms with Gasteiger partial charge in [0.25, 0.3) is 11.8 Å². The van der Waals surface area contributed by atoms with Crippen molar-refractivity contribution in [3.05, 3.63) is 52.0 Å². The predicted octanol–water partition coefficient (Wildman–Crippen LogP) is 2.88. The van der Waals surface area contributed by atoms with Crippen molar-refractivity contribution in [2.24, 2.45) is 0 Å². The lowest BCUT2D eigenvalue weighted by atomic mass is 10.1. The number of carbonyl (C=O) groups is 2. The van der Waals surface area contributed by atoms with Gasteiger partial charge in [-0.25, -0.2) is 4.98 Å². The lowest BCUT2D eigenvalue weighted by Gasteiger charge is -2.13. The zero-order valence-corrected chi connectivity index (χ0v) is 12.4. The first kappa shape index (κ1) is 14.1. The third kappa shape index (κ3) is 2.43. The predicted molar refractivity (Wildman–Crippen MR) is 78.7 cm³/mol. The Balaban J connectivity index is 1.66. The molecular formula is C14H11Cl2N3O2. The molecule has 0 bridgehead atoms. The van der Waals surface area contributed by atoms with Crippen LogP contribution < -0.4 is 0 Å².